The Hall–Kier alpha value is -3.63. The van der Waals surface area contributed by atoms with Crippen molar-refractivity contribution in [3.05, 3.63) is 71.6 Å². The molecule has 0 aliphatic carbocycles. The molecule has 1 aliphatic heterocycles. The normalized spacial score (nSPS) is 14.8. The molecule has 1 saturated heterocycles. The van der Waals surface area contributed by atoms with Gasteiger partial charge in [-0.1, -0.05) is 18.2 Å². The fraction of sp³-hybridized carbons (Fsp3) is 0.308. The summed E-state index contributed by atoms with van der Waals surface area (Å²) in [7, 11) is 0.653. The minimum absolute atomic E-state index is 0.0860. The quantitative estimate of drug-likeness (QED) is 0.493. The van der Waals surface area contributed by atoms with Crippen molar-refractivity contribution in [3.8, 4) is 5.75 Å². The Balaban J connectivity index is 1.78. The second-order valence-corrected chi connectivity index (χ2v) is 10.8. The van der Waals surface area contributed by atoms with Gasteiger partial charge in [-0.05, 0) is 55.7 Å². The van der Waals surface area contributed by atoms with E-state index in [4.69, 9.17) is 4.74 Å². The van der Waals surface area contributed by atoms with Crippen LogP contribution in [-0.4, -0.2) is 67.7 Å². The minimum Gasteiger partial charge on any atom is -0.497 e. The molecule has 0 bridgehead atoms. The molecule has 2 aromatic carbocycles. The first-order valence-corrected chi connectivity index (χ1v) is 13.1. The summed E-state index contributed by atoms with van der Waals surface area (Å²) in [5, 5.41) is 3.42. The lowest BCUT2D eigenvalue weighted by atomic mass is 10.1. The van der Waals surface area contributed by atoms with Crippen LogP contribution in [0.2, 0.25) is 0 Å². The maximum Gasteiger partial charge on any atom is 0.307 e. The Morgan fingerprint density at radius 3 is 2.31 bits per heavy atom. The number of nitrogens with one attached hydrogen (secondary N) is 1. The molecule has 190 valence electrons. The van der Waals surface area contributed by atoms with Crippen LogP contribution in [0.15, 0.2) is 60.4 Å². The zero-order valence-corrected chi connectivity index (χ0v) is 21.4. The van der Waals surface area contributed by atoms with E-state index in [0.717, 1.165) is 23.6 Å². The topological polar surface area (TPSA) is 101 Å². The molecule has 36 heavy (non-hydrogen) atoms. The van der Waals surface area contributed by atoms with Crippen molar-refractivity contribution in [1.82, 2.24) is 18.5 Å². The van der Waals surface area contributed by atoms with E-state index in [0.29, 0.717) is 40.9 Å². The van der Waals surface area contributed by atoms with Gasteiger partial charge in [-0.2, -0.15) is 12.7 Å². The van der Waals surface area contributed by atoms with Gasteiger partial charge in [0.1, 0.15) is 11.4 Å². The Morgan fingerprint density at radius 2 is 1.67 bits per heavy atom. The van der Waals surface area contributed by atoms with Crippen LogP contribution < -0.4 is 10.1 Å². The number of rotatable bonds is 7. The van der Waals surface area contributed by atoms with Gasteiger partial charge in [0.05, 0.1) is 12.6 Å². The van der Waals surface area contributed by atoms with Gasteiger partial charge < -0.3 is 15.0 Å². The third kappa shape index (κ3) is 5.14. The summed E-state index contributed by atoms with van der Waals surface area (Å²) >= 11 is 0. The average molecular weight is 511 g/mol. The van der Waals surface area contributed by atoms with E-state index in [9.17, 15) is 18.0 Å². The van der Waals surface area contributed by atoms with Gasteiger partial charge in [-0.15, -0.1) is 0 Å². The van der Waals surface area contributed by atoms with E-state index in [2.05, 4.69) is 5.32 Å². The number of ether oxygens (including phenoxy) is 1. The van der Waals surface area contributed by atoms with Gasteiger partial charge >= 0.3 is 10.2 Å². The average Bonchev–Trinajstić information content (AvgIpc) is 3.27. The smallest absolute Gasteiger partial charge is 0.307 e. The summed E-state index contributed by atoms with van der Waals surface area (Å²) < 4.78 is 33.4. The zero-order valence-electron chi connectivity index (χ0n) is 20.6. The molecular formula is C26H30N4O5S. The third-order valence-corrected chi connectivity index (χ3v) is 7.91. The lowest BCUT2D eigenvalue weighted by Gasteiger charge is -2.27. The summed E-state index contributed by atoms with van der Waals surface area (Å²) in [4.78, 5) is 28.3. The fourth-order valence-corrected chi connectivity index (χ4v) is 5.17. The summed E-state index contributed by atoms with van der Waals surface area (Å²) in [6.07, 6.45) is 5.87. The summed E-state index contributed by atoms with van der Waals surface area (Å²) in [6, 6.07) is 13.6. The van der Waals surface area contributed by atoms with Gasteiger partial charge in [-0.3, -0.25) is 9.59 Å². The van der Waals surface area contributed by atoms with Crippen LogP contribution in [-0.2, 0) is 15.0 Å². The number of nitrogens with zero attached hydrogens (tertiary/aromatic N) is 3. The predicted molar refractivity (Wildman–Crippen MR) is 139 cm³/mol. The summed E-state index contributed by atoms with van der Waals surface area (Å²) in [5.41, 5.74) is 1.43. The van der Waals surface area contributed by atoms with Crippen molar-refractivity contribution in [3.63, 3.8) is 0 Å². The van der Waals surface area contributed by atoms with E-state index < -0.39 is 16.1 Å². The van der Waals surface area contributed by atoms with E-state index in [1.54, 1.807) is 66.6 Å². The van der Waals surface area contributed by atoms with Gasteiger partial charge in [0.2, 0.25) is 0 Å². The number of piperidine rings is 1. The van der Waals surface area contributed by atoms with Gasteiger partial charge in [0.25, 0.3) is 11.8 Å². The molecule has 0 saturated carbocycles. The molecule has 10 heteroatoms. The number of para-hydroxylation sites is 1. The van der Waals surface area contributed by atoms with E-state index in [-0.39, 0.29) is 11.6 Å². The standard InChI is InChI=1S/C26H30N4O5S/c1-28(2)36(33,34)30-18-20(22-9-5-6-10-24(22)30)17-23(26(32)29-15-7-4-8-16-29)27-25(31)19-11-13-21(35-3)14-12-19/h5-6,9-14,17-18H,4,7-8,15-16H2,1-3H3,(H,27,31). The Kier molecular flexibility index (Phi) is 7.46. The van der Waals surface area contributed by atoms with Crippen LogP contribution in [0.4, 0.5) is 0 Å². The molecule has 4 rings (SSSR count). The predicted octanol–water partition coefficient (Wildman–Crippen LogP) is 3.09. The lowest BCUT2D eigenvalue weighted by Crippen LogP contribution is -2.41. The minimum atomic E-state index is -3.81. The first-order valence-electron chi connectivity index (χ1n) is 11.7. The maximum absolute atomic E-state index is 13.5. The van der Waals surface area contributed by atoms with Crippen molar-refractivity contribution in [2.24, 2.45) is 0 Å². The van der Waals surface area contributed by atoms with E-state index >= 15 is 0 Å². The first kappa shape index (κ1) is 25.5. The van der Waals surface area contributed by atoms with Gasteiger partial charge in [-0.25, -0.2) is 3.97 Å². The van der Waals surface area contributed by atoms with Crippen LogP contribution in [0, 0.1) is 0 Å². The van der Waals surface area contributed by atoms with Gasteiger partial charge in [0.15, 0.2) is 0 Å². The highest BCUT2D eigenvalue weighted by Crippen LogP contribution is 2.26. The van der Waals surface area contributed by atoms with Crippen LogP contribution in [0.5, 0.6) is 5.75 Å². The fourth-order valence-electron chi connectivity index (χ4n) is 4.17. The summed E-state index contributed by atoms with van der Waals surface area (Å²) in [6.45, 7) is 1.21. The zero-order chi connectivity index (χ0) is 25.9. The van der Waals surface area contributed by atoms with Crippen molar-refractivity contribution in [1.29, 1.82) is 0 Å². The van der Waals surface area contributed by atoms with Crippen LogP contribution in [0.3, 0.4) is 0 Å². The van der Waals surface area contributed by atoms with E-state index in [1.165, 1.54) is 24.3 Å². The molecule has 2 amide bonds. The Morgan fingerprint density at radius 1 is 1.00 bits per heavy atom. The number of amides is 2. The monoisotopic (exact) mass is 510 g/mol. The van der Waals surface area contributed by atoms with Gasteiger partial charge in [0, 0.05) is 49.9 Å². The van der Waals surface area contributed by atoms with Crippen LogP contribution in [0.1, 0.15) is 35.2 Å². The number of hydrogen-bond acceptors (Lipinski definition) is 5. The molecule has 1 fully saturated rings. The summed E-state index contributed by atoms with van der Waals surface area (Å²) in [5.74, 6) is -0.135. The van der Waals surface area contributed by atoms with Crippen LogP contribution in [0.25, 0.3) is 17.0 Å². The molecular weight excluding hydrogens is 480 g/mol. The molecule has 9 nitrogen and oxygen atoms in total. The SMILES string of the molecule is COc1ccc(C(=O)NC(=Cc2cn(S(=O)(=O)N(C)C)c3ccccc23)C(=O)N2CCCCC2)cc1. The highest BCUT2D eigenvalue weighted by molar-refractivity contribution is 7.87. The highest BCUT2D eigenvalue weighted by Gasteiger charge is 2.25. The first-order chi connectivity index (χ1) is 17.2. The third-order valence-electron chi connectivity index (χ3n) is 6.19. The van der Waals surface area contributed by atoms with Crippen molar-refractivity contribution < 1.29 is 22.7 Å². The number of carbonyl (C=O) groups excluding carboxylic acids is 2. The molecule has 0 unspecified atom stereocenters. The van der Waals surface area contributed by atoms with Crippen LogP contribution >= 0.6 is 0 Å². The number of hydrogen-bond donors (Lipinski definition) is 1. The number of likely N-dealkylation sites (tertiary alicyclic amines) is 1. The molecule has 1 N–H and O–H groups in total. The number of methoxy groups -OCH3 is 1. The number of carbonyl (C=O) groups is 2. The van der Waals surface area contributed by atoms with Crippen molar-refractivity contribution in [2.45, 2.75) is 19.3 Å². The Labute approximate surface area is 211 Å². The lowest BCUT2D eigenvalue weighted by molar-refractivity contribution is -0.128. The van der Waals surface area contributed by atoms with Crippen molar-refractivity contribution in [2.75, 3.05) is 34.3 Å². The second kappa shape index (κ2) is 10.5. The van der Waals surface area contributed by atoms with Crippen molar-refractivity contribution >= 4 is 39.0 Å². The molecule has 3 aromatic rings. The Bertz CT molecular complexity index is 1400. The molecule has 1 aliphatic rings. The maximum atomic E-state index is 13.5. The second-order valence-electron chi connectivity index (χ2n) is 8.78. The number of benzene rings is 2. The largest absolute Gasteiger partial charge is 0.497 e. The number of fused-ring (bicyclic) bond motifs is 1. The molecule has 2 heterocycles. The highest BCUT2D eigenvalue weighted by atomic mass is 32.2. The molecule has 0 radical (unpaired) electrons. The molecule has 0 atom stereocenters. The number of aromatic nitrogens is 1. The molecule has 1 aromatic heterocycles. The van der Waals surface area contributed by atoms with E-state index in [1.807, 2.05) is 0 Å². The molecule has 0 spiro atoms.